The molecule has 0 atom stereocenters. The average molecular weight is 241 g/mol. The fourth-order valence-corrected chi connectivity index (χ4v) is 1.62. The highest BCUT2D eigenvalue weighted by molar-refractivity contribution is 6.06. The lowest BCUT2D eigenvalue weighted by Crippen LogP contribution is -2.21. The van der Waals surface area contributed by atoms with Crippen molar-refractivity contribution < 1.29 is 4.79 Å². The van der Waals surface area contributed by atoms with Gasteiger partial charge in [-0.2, -0.15) is 5.26 Å². The van der Waals surface area contributed by atoms with E-state index in [1.54, 1.807) is 6.08 Å². The summed E-state index contributed by atoms with van der Waals surface area (Å²) in [5, 5.41) is 9.14. The molecule has 1 aromatic carbocycles. The number of allylic oxidation sites excluding steroid dienone is 1. The smallest absolute Gasteiger partial charge is 0.178 e. The third-order valence-corrected chi connectivity index (χ3v) is 2.78. The summed E-state index contributed by atoms with van der Waals surface area (Å²) in [4.78, 5) is 12.1. The first-order valence-corrected chi connectivity index (χ1v) is 5.99. The molecule has 0 radical (unpaired) electrons. The number of nitrogens with zero attached hydrogens (tertiary/aromatic N) is 1. The Kier molecular flexibility index (Phi) is 4.08. The third kappa shape index (κ3) is 3.30. The maximum atomic E-state index is 12.1. The highest BCUT2D eigenvalue weighted by Gasteiger charge is 2.24. The summed E-state index contributed by atoms with van der Waals surface area (Å²) < 4.78 is 0. The van der Waals surface area contributed by atoms with Gasteiger partial charge < -0.3 is 0 Å². The molecule has 0 aliphatic rings. The summed E-state index contributed by atoms with van der Waals surface area (Å²) in [6.45, 7) is 9.44. The molecule has 2 nitrogen and oxygen atoms in total. The van der Waals surface area contributed by atoms with Crippen molar-refractivity contribution in [1.29, 1.82) is 5.26 Å². The summed E-state index contributed by atoms with van der Waals surface area (Å²) in [7, 11) is 0. The first kappa shape index (κ1) is 14.2. The second-order valence-corrected chi connectivity index (χ2v) is 5.61. The normalized spacial score (nSPS) is 12.1. The molecule has 0 amide bonds. The maximum absolute atomic E-state index is 12.1. The number of carbonyl (C=O) groups excluding carboxylic acids is 1. The molecule has 0 spiro atoms. The van der Waals surface area contributed by atoms with Gasteiger partial charge in [-0.15, -0.1) is 0 Å². The molecule has 0 bridgehead atoms. The zero-order valence-electron chi connectivity index (χ0n) is 11.7. The molecule has 0 saturated carbocycles. The largest absolute Gasteiger partial charge is 0.293 e. The van der Waals surface area contributed by atoms with Crippen molar-refractivity contribution in [1.82, 2.24) is 0 Å². The number of ketones is 1. The Balaban J connectivity index is 3.25. The van der Waals surface area contributed by atoms with Crippen LogP contribution in [-0.4, -0.2) is 5.78 Å². The van der Waals surface area contributed by atoms with Crippen LogP contribution >= 0.6 is 0 Å². The minimum atomic E-state index is -0.528. The van der Waals surface area contributed by atoms with Gasteiger partial charge in [0.05, 0.1) is 5.57 Å². The molecule has 1 rings (SSSR count). The summed E-state index contributed by atoms with van der Waals surface area (Å²) in [5.74, 6) is -0.120. The highest BCUT2D eigenvalue weighted by atomic mass is 16.1. The Morgan fingerprint density at radius 1 is 1.28 bits per heavy atom. The van der Waals surface area contributed by atoms with Gasteiger partial charge in [-0.1, -0.05) is 44.5 Å². The molecule has 0 unspecified atom stereocenters. The van der Waals surface area contributed by atoms with E-state index in [1.165, 1.54) is 0 Å². The van der Waals surface area contributed by atoms with Crippen molar-refractivity contribution in [3.05, 3.63) is 40.5 Å². The Morgan fingerprint density at radius 3 is 2.39 bits per heavy atom. The summed E-state index contributed by atoms with van der Waals surface area (Å²) in [6, 6.07) is 8.02. The number of nitriles is 1. The molecule has 1 aromatic rings. The summed E-state index contributed by atoms with van der Waals surface area (Å²) in [6.07, 6.45) is 1.69. The highest BCUT2D eigenvalue weighted by Crippen LogP contribution is 2.22. The number of benzene rings is 1. The van der Waals surface area contributed by atoms with E-state index in [4.69, 9.17) is 5.26 Å². The molecule has 0 aliphatic carbocycles. The van der Waals surface area contributed by atoms with Crippen molar-refractivity contribution in [3.8, 4) is 6.07 Å². The number of hydrogen-bond donors (Lipinski definition) is 0. The SMILES string of the molecule is Cc1ccc(C)c(/C=C(\C#N)C(=O)C(C)(C)C)c1. The van der Waals surface area contributed by atoms with Crippen molar-refractivity contribution in [2.45, 2.75) is 34.6 Å². The molecular formula is C16H19NO. The van der Waals surface area contributed by atoms with Gasteiger partial charge in [-0.25, -0.2) is 0 Å². The zero-order chi connectivity index (χ0) is 13.9. The molecule has 2 heteroatoms. The molecule has 0 N–H and O–H groups in total. The lowest BCUT2D eigenvalue weighted by molar-refractivity contribution is -0.121. The van der Waals surface area contributed by atoms with Crippen LogP contribution in [-0.2, 0) is 4.79 Å². The molecule has 0 heterocycles. The topological polar surface area (TPSA) is 40.9 Å². The number of aryl methyl sites for hydroxylation is 2. The minimum absolute atomic E-state index is 0.120. The first-order chi connectivity index (χ1) is 8.25. The van der Waals surface area contributed by atoms with Gasteiger partial charge in [0.25, 0.3) is 0 Å². The number of hydrogen-bond acceptors (Lipinski definition) is 2. The predicted octanol–water partition coefficient (Wildman–Crippen LogP) is 3.83. The van der Waals surface area contributed by atoms with Crippen LogP contribution in [0.1, 0.15) is 37.5 Å². The Hall–Kier alpha value is -1.88. The lowest BCUT2D eigenvalue weighted by atomic mass is 9.86. The third-order valence-electron chi connectivity index (χ3n) is 2.78. The Morgan fingerprint density at radius 2 is 1.89 bits per heavy atom. The van der Waals surface area contributed by atoms with Crippen LogP contribution in [0.3, 0.4) is 0 Å². The van der Waals surface area contributed by atoms with Crippen molar-refractivity contribution >= 4 is 11.9 Å². The average Bonchev–Trinajstić information content (AvgIpc) is 2.28. The standard InChI is InChI=1S/C16H19NO/c1-11-6-7-12(2)13(8-11)9-14(10-17)15(18)16(3,4)5/h6-9H,1-5H3/b14-9+. The van der Waals surface area contributed by atoms with Crippen LogP contribution in [0.15, 0.2) is 23.8 Å². The van der Waals surface area contributed by atoms with Gasteiger partial charge in [0.1, 0.15) is 6.07 Å². The van der Waals surface area contributed by atoms with Gasteiger partial charge in [0.15, 0.2) is 5.78 Å². The summed E-state index contributed by atoms with van der Waals surface area (Å²) in [5.41, 5.74) is 2.81. The van der Waals surface area contributed by atoms with E-state index in [1.807, 2.05) is 58.9 Å². The molecule has 0 fully saturated rings. The van der Waals surface area contributed by atoms with E-state index in [-0.39, 0.29) is 11.4 Å². The van der Waals surface area contributed by atoms with Crippen LogP contribution in [0, 0.1) is 30.6 Å². The van der Waals surface area contributed by atoms with Gasteiger partial charge in [0.2, 0.25) is 0 Å². The fraction of sp³-hybridized carbons (Fsp3) is 0.375. The van der Waals surface area contributed by atoms with E-state index in [0.29, 0.717) is 0 Å². The number of carbonyl (C=O) groups is 1. The van der Waals surface area contributed by atoms with Crippen LogP contribution < -0.4 is 0 Å². The summed E-state index contributed by atoms with van der Waals surface area (Å²) >= 11 is 0. The maximum Gasteiger partial charge on any atom is 0.178 e. The van der Waals surface area contributed by atoms with E-state index in [9.17, 15) is 4.79 Å². The number of rotatable bonds is 2. The predicted molar refractivity (Wildman–Crippen MR) is 74.0 cm³/mol. The molecule has 0 saturated heterocycles. The molecule has 94 valence electrons. The minimum Gasteiger partial charge on any atom is -0.293 e. The van der Waals surface area contributed by atoms with E-state index >= 15 is 0 Å². The van der Waals surface area contributed by atoms with Gasteiger partial charge in [0, 0.05) is 5.41 Å². The quantitative estimate of drug-likeness (QED) is 0.583. The van der Waals surface area contributed by atoms with Crippen molar-refractivity contribution in [2.75, 3.05) is 0 Å². The zero-order valence-corrected chi connectivity index (χ0v) is 11.7. The van der Waals surface area contributed by atoms with Crippen LogP contribution in [0.5, 0.6) is 0 Å². The van der Waals surface area contributed by atoms with Gasteiger partial charge in [-0.05, 0) is 31.1 Å². The molecular weight excluding hydrogens is 222 g/mol. The van der Waals surface area contributed by atoms with Crippen molar-refractivity contribution in [2.24, 2.45) is 5.41 Å². The van der Waals surface area contributed by atoms with Crippen molar-refractivity contribution in [3.63, 3.8) is 0 Å². The van der Waals surface area contributed by atoms with Gasteiger partial charge >= 0.3 is 0 Å². The second-order valence-electron chi connectivity index (χ2n) is 5.61. The fourth-order valence-electron chi connectivity index (χ4n) is 1.62. The second kappa shape index (κ2) is 5.18. The van der Waals surface area contributed by atoms with Crippen LogP contribution in [0.2, 0.25) is 0 Å². The monoisotopic (exact) mass is 241 g/mol. The molecule has 18 heavy (non-hydrogen) atoms. The van der Waals surface area contributed by atoms with Crippen LogP contribution in [0.4, 0.5) is 0 Å². The van der Waals surface area contributed by atoms with E-state index in [2.05, 4.69) is 0 Å². The molecule has 0 aromatic heterocycles. The Bertz CT molecular complexity index is 539. The van der Waals surface area contributed by atoms with Gasteiger partial charge in [-0.3, -0.25) is 4.79 Å². The van der Waals surface area contributed by atoms with Crippen LogP contribution in [0.25, 0.3) is 6.08 Å². The van der Waals surface area contributed by atoms with E-state index in [0.717, 1.165) is 16.7 Å². The van der Waals surface area contributed by atoms with E-state index < -0.39 is 5.41 Å². The Labute approximate surface area is 109 Å². The number of Topliss-reactive ketones (excluding diaryl/α,β-unsaturated/α-hetero) is 1. The molecule has 0 aliphatic heterocycles. The first-order valence-electron chi connectivity index (χ1n) is 5.99. The lowest BCUT2D eigenvalue weighted by Gasteiger charge is -2.15.